The minimum absolute atomic E-state index is 0.185. The van der Waals surface area contributed by atoms with Gasteiger partial charge in [-0.25, -0.2) is 0 Å². The van der Waals surface area contributed by atoms with Crippen LogP contribution < -0.4 is 20.1 Å². The predicted molar refractivity (Wildman–Crippen MR) is 86.9 cm³/mol. The van der Waals surface area contributed by atoms with E-state index in [9.17, 15) is 9.59 Å². The number of para-hydroxylation sites is 2. The molecule has 1 heterocycles. The van der Waals surface area contributed by atoms with E-state index in [2.05, 4.69) is 20.8 Å². The number of rotatable bonds is 7. The Morgan fingerprint density at radius 1 is 1.29 bits per heavy atom. The third-order valence-electron chi connectivity index (χ3n) is 3.30. The number of hydrogen-bond acceptors (Lipinski definition) is 5. The lowest BCUT2D eigenvalue weighted by Gasteiger charge is -2.10. The summed E-state index contributed by atoms with van der Waals surface area (Å²) in [6.07, 6.45) is 0. The van der Waals surface area contributed by atoms with E-state index in [4.69, 9.17) is 9.47 Å². The molecule has 8 heteroatoms. The van der Waals surface area contributed by atoms with Crippen LogP contribution in [0.1, 0.15) is 23.1 Å². The molecule has 1 aromatic heterocycles. The Balaban J connectivity index is 1.95. The summed E-state index contributed by atoms with van der Waals surface area (Å²) in [6, 6.07) is 8.19. The van der Waals surface area contributed by atoms with Crippen LogP contribution in [0.4, 0.5) is 0 Å². The van der Waals surface area contributed by atoms with Crippen molar-refractivity contribution >= 4 is 11.8 Å². The molecule has 2 rings (SSSR count). The molecule has 0 saturated heterocycles. The number of ether oxygens (including phenoxy) is 2. The van der Waals surface area contributed by atoms with Crippen molar-refractivity contribution in [1.29, 1.82) is 0 Å². The van der Waals surface area contributed by atoms with Crippen LogP contribution in [0.2, 0.25) is 0 Å². The molecule has 0 unspecified atom stereocenters. The molecule has 2 aromatic rings. The smallest absolute Gasteiger partial charge is 0.272 e. The molecule has 24 heavy (non-hydrogen) atoms. The average molecular weight is 332 g/mol. The monoisotopic (exact) mass is 332 g/mol. The second kappa shape index (κ2) is 8.00. The highest BCUT2D eigenvalue weighted by Crippen LogP contribution is 2.26. The van der Waals surface area contributed by atoms with Gasteiger partial charge in [-0.1, -0.05) is 12.1 Å². The fraction of sp³-hybridized carbons (Fsp3) is 0.312. The molecule has 0 aliphatic carbocycles. The molecule has 1 aromatic carbocycles. The van der Waals surface area contributed by atoms with Gasteiger partial charge in [-0.05, 0) is 25.1 Å². The molecular weight excluding hydrogens is 312 g/mol. The van der Waals surface area contributed by atoms with E-state index in [1.807, 2.05) is 12.1 Å². The topological polar surface area (TPSA) is 105 Å². The maximum absolute atomic E-state index is 12.0. The van der Waals surface area contributed by atoms with Crippen molar-refractivity contribution in [1.82, 2.24) is 20.8 Å². The lowest BCUT2D eigenvalue weighted by molar-refractivity contribution is -0.122. The molecule has 2 amide bonds. The zero-order valence-corrected chi connectivity index (χ0v) is 13.8. The van der Waals surface area contributed by atoms with Crippen molar-refractivity contribution in [3.05, 3.63) is 41.7 Å². The van der Waals surface area contributed by atoms with Gasteiger partial charge in [0.1, 0.15) is 18.3 Å². The second-order valence-electron chi connectivity index (χ2n) is 5.03. The summed E-state index contributed by atoms with van der Waals surface area (Å²) in [5.41, 5.74) is 0.808. The largest absolute Gasteiger partial charge is 0.493 e. The van der Waals surface area contributed by atoms with Crippen molar-refractivity contribution < 1.29 is 19.1 Å². The maximum Gasteiger partial charge on any atom is 0.272 e. The molecule has 0 aliphatic rings. The zero-order valence-electron chi connectivity index (χ0n) is 13.8. The van der Waals surface area contributed by atoms with Gasteiger partial charge in [-0.3, -0.25) is 14.7 Å². The minimum atomic E-state index is -0.646. The minimum Gasteiger partial charge on any atom is -0.493 e. The number of H-pyrrole nitrogens is 1. The number of likely N-dealkylation sites (N-methyl/N-ethyl adjacent to an activating group) is 1. The maximum atomic E-state index is 12.0. The highest BCUT2D eigenvalue weighted by Gasteiger charge is 2.17. The summed E-state index contributed by atoms with van der Waals surface area (Å²) in [7, 11) is 3.07. The summed E-state index contributed by atoms with van der Waals surface area (Å²) in [6.45, 7) is 1.79. The summed E-state index contributed by atoms with van der Waals surface area (Å²) < 4.78 is 10.9. The SMILES string of the molecule is CNC(=O)[C@@H](C)NC(=O)c1cc(COc2ccccc2OC)[nH]n1. The number of benzene rings is 1. The van der Waals surface area contributed by atoms with Crippen LogP contribution in [0.3, 0.4) is 0 Å². The Labute approximate surface area is 139 Å². The van der Waals surface area contributed by atoms with Gasteiger partial charge >= 0.3 is 0 Å². The lowest BCUT2D eigenvalue weighted by atomic mass is 10.3. The second-order valence-corrected chi connectivity index (χ2v) is 5.03. The van der Waals surface area contributed by atoms with Crippen LogP contribution in [0, 0.1) is 0 Å². The van der Waals surface area contributed by atoms with Crippen LogP contribution >= 0.6 is 0 Å². The molecule has 1 atom stereocenters. The van der Waals surface area contributed by atoms with Gasteiger partial charge in [0.05, 0.1) is 12.8 Å². The Morgan fingerprint density at radius 3 is 2.67 bits per heavy atom. The summed E-state index contributed by atoms with van der Waals surface area (Å²) in [4.78, 5) is 23.4. The highest BCUT2D eigenvalue weighted by atomic mass is 16.5. The molecule has 128 valence electrons. The van der Waals surface area contributed by atoms with Crippen molar-refractivity contribution in [2.45, 2.75) is 19.6 Å². The van der Waals surface area contributed by atoms with Gasteiger partial charge in [0, 0.05) is 7.05 Å². The Bertz CT molecular complexity index is 714. The molecule has 0 radical (unpaired) electrons. The van der Waals surface area contributed by atoms with Gasteiger partial charge in [-0.15, -0.1) is 0 Å². The van der Waals surface area contributed by atoms with E-state index in [-0.39, 0.29) is 18.2 Å². The molecule has 0 spiro atoms. The first-order chi connectivity index (χ1) is 11.5. The van der Waals surface area contributed by atoms with Gasteiger partial charge in [0.25, 0.3) is 5.91 Å². The van der Waals surface area contributed by atoms with E-state index in [1.54, 1.807) is 32.2 Å². The molecule has 0 saturated carbocycles. The van der Waals surface area contributed by atoms with E-state index in [0.29, 0.717) is 17.2 Å². The van der Waals surface area contributed by atoms with Gasteiger partial charge < -0.3 is 20.1 Å². The normalized spacial score (nSPS) is 11.5. The number of methoxy groups -OCH3 is 1. The zero-order chi connectivity index (χ0) is 17.5. The number of carbonyl (C=O) groups is 2. The van der Waals surface area contributed by atoms with Crippen LogP contribution in [0.15, 0.2) is 30.3 Å². The first-order valence-electron chi connectivity index (χ1n) is 7.37. The Kier molecular flexibility index (Phi) is 5.78. The molecule has 3 N–H and O–H groups in total. The van der Waals surface area contributed by atoms with E-state index >= 15 is 0 Å². The van der Waals surface area contributed by atoms with Crippen LogP contribution in [-0.2, 0) is 11.4 Å². The van der Waals surface area contributed by atoms with Crippen LogP contribution in [0.5, 0.6) is 11.5 Å². The molecule has 0 bridgehead atoms. The van der Waals surface area contributed by atoms with E-state index < -0.39 is 11.9 Å². The number of nitrogens with zero attached hydrogens (tertiary/aromatic N) is 1. The number of aromatic amines is 1. The Morgan fingerprint density at radius 2 is 2.00 bits per heavy atom. The molecule has 8 nitrogen and oxygen atoms in total. The third-order valence-corrected chi connectivity index (χ3v) is 3.30. The third kappa shape index (κ3) is 4.25. The highest BCUT2D eigenvalue weighted by molar-refractivity contribution is 5.95. The summed E-state index contributed by atoms with van der Waals surface area (Å²) >= 11 is 0. The van der Waals surface area contributed by atoms with E-state index in [1.165, 1.54) is 7.05 Å². The fourth-order valence-corrected chi connectivity index (χ4v) is 2.00. The number of hydrogen-bond donors (Lipinski definition) is 3. The standard InChI is InChI=1S/C16H20N4O4/c1-10(15(21)17-2)18-16(22)12-8-11(19-20-12)9-24-14-7-5-4-6-13(14)23-3/h4-8,10H,9H2,1-3H3,(H,17,21)(H,18,22)(H,19,20)/t10-/m1/s1. The van der Waals surface area contributed by atoms with Crippen molar-refractivity contribution in [3.8, 4) is 11.5 Å². The number of carbonyl (C=O) groups excluding carboxylic acids is 2. The van der Waals surface area contributed by atoms with E-state index in [0.717, 1.165) is 0 Å². The quantitative estimate of drug-likeness (QED) is 0.697. The first-order valence-corrected chi connectivity index (χ1v) is 7.37. The number of aromatic nitrogens is 2. The first kappa shape index (κ1) is 17.3. The fourth-order valence-electron chi connectivity index (χ4n) is 2.00. The predicted octanol–water partition coefficient (Wildman–Crippen LogP) is 0.862. The summed E-state index contributed by atoms with van der Waals surface area (Å²) in [5, 5.41) is 11.7. The molecule has 0 fully saturated rings. The van der Waals surface area contributed by atoms with Crippen molar-refractivity contribution in [3.63, 3.8) is 0 Å². The van der Waals surface area contributed by atoms with Crippen LogP contribution in [0.25, 0.3) is 0 Å². The summed E-state index contributed by atoms with van der Waals surface area (Å²) in [5.74, 6) is 0.493. The number of amides is 2. The van der Waals surface area contributed by atoms with Gasteiger partial charge in [-0.2, -0.15) is 5.10 Å². The van der Waals surface area contributed by atoms with Gasteiger partial charge in [0.2, 0.25) is 5.91 Å². The van der Waals surface area contributed by atoms with Crippen molar-refractivity contribution in [2.75, 3.05) is 14.2 Å². The van der Waals surface area contributed by atoms with Gasteiger partial charge in [0.15, 0.2) is 11.5 Å². The Hall–Kier alpha value is -3.03. The van der Waals surface area contributed by atoms with Crippen LogP contribution in [-0.4, -0.2) is 42.2 Å². The number of nitrogens with one attached hydrogen (secondary N) is 3. The molecule has 0 aliphatic heterocycles. The lowest BCUT2D eigenvalue weighted by Crippen LogP contribution is -2.43. The average Bonchev–Trinajstić information content (AvgIpc) is 3.08. The van der Waals surface area contributed by atoms with Crippen molar-refractivity contribution in [2.24, 2.45) is 0 Å². The molecular formula is C16H20N4O4.